The first kappa shape index (κ1) is 19.6. The molecule has 2 amide bonds. The van der Waals surface area contributed by atoms with Crippen molar-refractivity contribution in [3.8, 4) is 5.69 Å². The molecule has 0 radical (unpaired) electrons. The van der Waals surface area contributed by atoms with Gasteiger partial charge in [0.1, 0.15) is 5.82 Å². The number of aliphatic hydroxyl groups excluding tert-OH is 1. The van der Waals surface area contributed by atoms with Gasteiger partial charge in [-0.3, -0.25) is 9.59 Å². The number of rotatable bonds is 2. The zero-order valence-corrected chi connectivity index (χ0v) is 16.8. The quantitative estimate of drug-likeness (QED) is 0.686. The van der Waals surface area contributed by atoms with Crippen LogP contribution in [0.4, 0.5) is 5.82 Å². The van der Waals surface area contributed by atoms with Crippen LogP contribution in [0.15, 0.2) is 24.3 Å². The van der Waals surface area contributed by atoms with Crippen molar-refractivity contribution in [3.05, 3.63) is 41.1 Å². The van der Waals surface area contributed by atoms with Crippen molar-refractivity contribution in [1.29, 1.82) is 0 Å². The number of carbonyl (C=O) groups is 2. The largest absolute Gasteiger partial charge is 0.393 e. The molecule has 2 N–H and O–H groups in total. The molecule has 2 aromatic rings. The van der Waals surface area contributed by atoms with Gasteiger partial charge in [-0.2, -0.15) is 5.10 Å². The lowest BCUT2D eigenvalue weighted by atomic mass is 10.1. The maximum Gasteiger partial charge on any atom is 0.315 e. The Bertz CT molecular complexity index is 1080. The van der Waals surface area contributed by atoms with Crippen LogP contribution < -0.4 is 5.32 Å². The van der Waals surface area contributed by atoms with Crippen molar-refractivity contribution < 1.29 is 23.1 Å². The van der Waals surface area contributed by atoms with E-state index >= 15 is 0 Å². The SMILES string of the molecule is Cc1cccc(-n2nc3c(c2NC(=O)C(=O)N2CCC(O)CC2)CS(=O)(=O)C3)c1. The number of fused-ring (bicyclic) bond motifs is 1. The summed E-state index contributed by atoms with van der Waals surface area (Å²) < 4.78 is 25.6. The van der Waals surface area contributed by atoms with E-state index in [-0.39, 0.29) is 17.3 Å². The molecule has 0 unspecified atom stereocenters. The van der Waals surface area contributed by atoms with Crippen LogP contribution in [0.2, 0.25) is 0 Å². The second-order valence-electron chi connectivity index (χ2n) is 7.53. The number of carbonyl (C=O) groups excluding carboxylic acids is 2. The van der Waals surface area contributed by atoms with Crippen molar-refractivity contribution in [3.63, 3.8) is 0 Å². The van der Waals surface area contributed by atoms with Gasteiger partial charge in [0.15, 0.2) is 9.84 Å². The normalized spacial score (nSPS) is 18.5. The number of likely N-dealkylation sites (tertiary alicyclic amines) is 1. The number of aliphatic hydroxyl groups is 1. The highest BCUT2D eigenvalue weighted by atomic mass is 32.2. The third-order valence-corrected chi connectivity index (χ3v) is 6.65. The smallest absolute Gasteiger partial charge is 0.315 e. The maximum atomic E-state index is 12.6. The summed E-state index contributed by atoms with van der Waals surface area (Å²) in [7, 11) is -3.32. The van der Waals surface area contributed by atoms with E-state index in [9.17, 15) is 23.1 Å². The summed E-state index contributed by atoms with van der Waals surface area (Å²) in [5.41, 5.74) is 2.45. The number of benzene rings is 1. The lowest BCUT2D eigenvalue weighted by Crippen LogP contribution is -2.45. The Hall–Kier alpha value is -2.72. The lowest BCUT2D eigenvalue weighted by Gasteiger charge is -2.29. The van der Waals surface area contributed by atoms with Gasteiger partial charge < -0.3 is 15.3 Å². The second kappa shape index (κ2) is 7.27. The van der Waals surface area contributed by atoms with Gasteiger partial charge in [-0.1, -0.05) is 12.1 Å². The summed E-state index contributed by atoms with van der Waals surface area (Å²) in [5.74, 6) is -1.76. The molecule has 9 nitrogen and oxygen atoms in total. The Morgan fingerprint density at radius 1 is 1.21 bits per heavy atom. The molecule has 3 heterocycles. The van der Waals surface area contributed by atoms with Crippen molar-refractivity contribution >= 4 is 27.5 Å². The van der Waals surface area contributed by atoms with E-state index in [1.165, 1.54) is 9.58 Å². The Labute approximate surface area is 168 Å². The number of amides is 2. The molecule has 0 atom stereocenters. The predicted octanol–water partition coefficient (Wildman–Crippen LogP) is 0.531. The molecule has 10 heteroatoms. The van der Waals surface area contributed by atoms with Crippen LogP contribution in [-0.2, 0) is 30.9 Å². The first-order valence-electron chi connectivity index (χ1n) is 9.40. The minimum absolute atomic E-state index is 0.192. The van der Waals surface area contributed by atoms with Gasteiger partial charge in [-0.15, -0.1) is 0 Å². The van der Waals surface area contributed by atoms with Gasteiger partial charge in [-0.05, 0) is 37.5 Å². The molecule has 4 rings (SSSR count). The molecular formula is C19H22N4O5S. The number of hydrogen-bond acceptors (Lipinski definition) is 6. The van der Waals surface area contributed by atoms with Crippen molar-refractivity contribution in [1.82, 2.24) is 14.7 Å². The van der Waals surface area contributed by atoms with Crippen molar-refractivity contribution in [2.75, 3.05) is 18.4 Å². The predicted molar refractivity (Wildman–Crippen MR) is 105 cm³/mol. The summed E-state index contributed by atoms with van der Waals surface area (Å²) in [6.45, 7) is 2.52. The molecule has 0 spiro atoms. The molecule has 1 aromatic carbocycles. The molecule has 154 valence electrons. The number of sulfone groups is 1. The van der Waals surface area contributed by atoms with E-state index in [2.05, 4.69) is 10.4 Å². The Morgan fingerprint density at radius 2 is 1.93 bits per heavy atom. The van der Waals surface area contributed by atoms with E-state index in [0.717, 1.165) is 5.56 Å². The number of nitrogens with one attached hydrogen (secondary N) is 1. The fourth-order valence-corrected chi connectivity index (χ4v) is 5.18. The summed E-state index contributed by atoms with van der Waals surface area (Å²) >= 11 is 0. The van der Waals surface area contributed by atoms with Gasteiger partial charge >= 0.3 is 11.8 Å². The highest BCUT2D eigenvalue weighted by Crippen LogP contribution is 2.33. The summed E-state index contributed by atoms with van der Waals surface area (Å²) in [6, 6.07) is 7.41. The zero-order chi connectivity index (χ0) is 20.8. The third-order valence-electron chi connectivity index (χ3n) is 5.21. The van der Waals surface area contributed by atoms with Crippen molar-refractivity contribution in [2.24, 2.45) is 0 Å². The molecular weight excluding hydrogens is 396 g/mol. The zero-order valence-electron chi connectivity index (χ0n) is 16.0. The molecule has 1 saturated heterocycles. The van der Waals surface area contributed by atoms with Gasteiger partial charge in [0, 0.05) is 18.7 Å². The Morgan fingerprint density at radius 3 is 2.62 bits per heavy atom. The molecule has 2 aliphatic rings. The summed E-state index contributed by atoms with van der Waals surface area (Å²) in [6.07, 6.45) is 0.389. The highest BCUT2D eigenvalue weighted by Gasteiger charge is 2.35. The fourth-order valence-electron chi connectivity index (χ4n) is 3.69. The molecule has 29 heavy (non-hydrogen) atoms. The minimum Gasteiger partial charge on any atom is -0.393 e. The lowest BCUT2D eigenvalue weighted by molar-refractivity contribution is -0.144. The Kier molecular flexibility index (Phi) is 4.91. The van der Waals surface area contributed by atoms with E-state index in [4.69, 9.17) is 0 Å². The van der Waals surface area contributed by atoms with Gasteiger partial charge in [0.25, 0.3) is 0 Å². The maximum absolute atomic E-state index is 12.6. The highest BCUT2D eigenvalue weighted by molar-refractivity contribution is 7.90. The first-order valence-corrected chi connectivity index (χ1v) is 11.2. The van der Waals surface area contributed by atoms with Gasteiger partial charge in [0.05, 0.1) is 29.0 Å². The van der Waals surface area contributed by atoms with Crippen LogP contribution >= 0.6 is 0 Å². The molecule has 0 saturated carbocycles. The van der Waals surface area contributed by atoms with E-state index in [0.29, 0.717) is 42.9 Å². The number of piperidine rings is 1. The van der Waals surface area contributed by atoms with Crippen LogP contribution in [0.1, 0.15) is 29.7 Å². The third kappa shape index (κ3) is 3.90. The first-order chi connectivity index (χ1) is 13.7. The van der Waals surface area contributed by atoms with E-state index < -0.39 is 27.8 Å². The Balaban J connectivity index is 1.65. The molecule has 0 aliphatic carbocycles. The topological polar surface area (TPSA) is 122 Å². The monoisotopic (exact) mass is 418 g/mol. The van der Waals surface area contributed by atoms with Gasteiger partial charge in [0.2, 0.25) is 0 Å². The molecule has 0 bridgehead atoms. The summed E-state index contributed by atoms with van der Waals surface area (Å²) in [4.78, 5) is 26.6. The number of hydrogen-bond donors (Lipinski definition) is 2. The van der Waals surface area contributed by atoms with Crippen LogP contribution in [0.5, 0.6) is 0 Å². The number of anilines is 1. The summed E-state index contributed by atoms with van der Waals surface area (Å²) in [5, 5.41) is 16.6. The fraction of sp³-hybridized carbons (Fsp3) is 0.421. The average Bonchev–Trinajstić information content (AvgIpc) is 3.14. The van der Waals surface area contributed by atoms with Crippen LogP contribution in [0.25, 0.3) is 5.69 Å². The van der Waals surface area contributed by atoms with E-state index in [1.807, 2.05) is 25.1 Å². The van der Waals surface area contributed by atoms with Crippen LogP contribution in [0, 0.1) is 6.92 Å². The molecule has 1 fully saturated rings. The number of aromatic nitrogens is 2. The van der Waals surface area contributed by atoms with E-state index in [1.54, 1.807) is 6.07 Å². The molecule has 1 aromatic heterocycles. The number of nitrogens with zero attached hydrogens (tertiary/aromatic N) is 3. The van der Waals surface area contributed by atoms with Crippen LogP contribution in [-0.4, -0.2) is 59.2 Å². The number of aryl methyl sites for hydroxylation is 1. The second-order valence-corrected chi connectivity index (χ2v) is 9.60. The molecule has 2 aliphatic heterocycles. The average molecular weight is 418 g/mol. The minimum atomic E-state index is -3.32. The van der Waals surface area contributed by atoms with Crippen molar-refractivity contribution in [2.45, 2.75) is 37.4 Å². The van der Waals surface area contributed by atoms with Gasteiger partial charge in [-0.25, -0.2) is 13.1 Å². The standard InChI is InChI=1S/C19H22N4O5S/c1-12-3-2-4-13(9-12)23-17(15-10-29(27,28)11-16(15)21-23)20-18(25)19(26)22-7-5-14(24)6-8-22/h2-4,9,14,24H,5-8,10-11H2,1H3,(H,20,25). The van der Waals surface area contributed by atoms with Crippen LogP contribution in [0.3, 0.4) is 0 Å².